The van der Waals surface area contributed by atoms with Gasteiger partial charge in [0, 0.05) is 12.0 Å². The molecule has 1 fully saturated rings. The number of carbonyl (C=O) groups excluding carboxylic acids is 1. The molecule has 1 aliphatic rings. The van der Waals surface area contributed by atoms with E-state index in [4.69, 9.17) is 23.2 Å². The molecule has 1 heterocycles. The van der Waals surface area contributed by atoms with E-state index in [2.05, 4.69) is 29.1 Å². The van der Waals surface area contributed by atoms with Crippen LogP contribution >= 0.6 is 23.2 Å². The Morgan fingerprint density at radius 3 is 2.62 bits per heavy atom. The van der Waals surface area contributed by atoms with Gasteiger partial charge in [0.2, 0.25) is 11.2 Å². The Labute approximate surface area is 103 Å². The number of rotatable bonds is 2. The van der Waals surface area contributed by atoms with E-state index in [1.54, 1.807) is 0 Å². The molecule has 16 heavy (non-hydrogen) atoms. The van der Waals surface area contributed by atoms with Crippen LogP contribution in [0, 0.1) is 11.3 Å². The first-order valence-corrected chi connectivity index (χ1v) is 5.65. The predicted molar refractivity (Wildman–Crippen MR) is 62.6 cm³/mol. The lowest BCUT2D eigenvalue weighted by atomic mass is 10.1. The molecule has 1 amide bonds. The first kappa shape index (κ1) is 11.6. The van der Waals surface area contributed by atoms with Crippen LogP contribution in [0.5, 0.6) is 0 Å². The molecule has 1 unspecified atom stereocenters. The summed E-state index contributed by atoms with van der Waals surface area (Å²) in [6, 6.07) is 1.47. The van der Waals surface area contributed by atoms with Gasteiger partial charge in [0.15, 0.2) is 0 Å². The number of nitrogens with one attached hydrogen (secondary N) is 1. The van der Waals surface area contributed by atoms with Gasteiger partial charge in [-0.25, -0.2) is 9.97 Å². The van der Waals surface area contributed by atoms with Crippen molar-refractivity contribution in [2.45, 2.75) is 20.3 Å². The third kappa shape index (κ3) is 2.44. The van der Waals surface area contributed by atoms with Gasteiger partial charge in [-0.2, -0.15) is 0 Å². The Bertz CT molecular complexity index is 427. The monoisotopic (exact) mass is 259 g/mol. The average molecular weight is 260 g/mol. The Morgan fingerprint density at radius 2 is 2.12 bits per heavy atom. The van der Waals surface area contributed by atoms with E-state index in [0.29, 0.717) is 5.82 Å². The topological polar surface area (TPSA) is 54.9 Å². The summed E-state index contributed by atoms with van der Waals surface area (Å²) in [4.78, 5) is 19.3. The molecule has 1 saturated carbocycles. The molecule has 1 aromatic heterocycles. The number of halogens is 2. The maximum Gasteiger partial charge on any atom is 0.229 e. The average Bonchev–Trinajstić information content (AvgIpc) is 2.73. The molecular formula is C10H11Cl2N3O. The van der Waals surface area contributed by atoms with E-state index in [0.717, 1.165) is 6.42 Å². The van der Waals surface area contributed by atoms with Crippen LogP contribution in [0.15, 0.2) is 6.07 Å². The van der Waals surface area contributed by atoms with Crippen LogP contribution < -0.4 is 5.32 Å². The van der Waals surface area contributed by atoms with Gasteiger partial charge in [-0.15, -0.1) is 0 Å². The fourth-order valence-electron chi connectivity index (χ4n) is 1.58. The quantitative estimate of drug-likeness (QED) is 0.657. The van der Waals surface area contributed by atoms with E-state index >= 15 is 0 Å². The van der Waals surface area contributed by atoms with Crippen molar-refractivity contribution in [2.75, 3.05) is 5.32 Å². The van der Waals surface area contributed by atoms with Crippen molar-refractivity contribution in [1.82, 2.24) is 9.97 Å². The van der Waals surface area contributed by atoms with Crippen LogP contribution in [0.2, 0.25) is 10.4 Å². The van der Waals surface area contributed by atoms with Gasteiger partial charge in [0.1, 0.15) is 11.0 Å². The number of aromatic nitrogens is 2. The minimum Gasteiger partial charge on any atom is -0.310 e. The summed E-state index contributed by atoms with van der Waals surface area (Å²) in [6.07, 6.45) is 0.894. The van der Waals surface area contributed by atoms with Crippen LogP contribution in [0.3, 0.4) is 0 Å². The fourth-order valence-corrected chi connectivity index (χ4v) is 1.99. The molecule has 1 aromatic rings. The largest absolute Gasteiger partial charge is 0.310 e. The van der Waals surface area contributed by atoms with Crippen molar-refractivity contribution < 1.29 is 4.79 Å². The number of amides is 1. The second-order valence-corrected chi connectivity index (χ2v) is 5.30. The molecule has 1 N–H and O–H groups in total. The maximum absolute atomic E-state index is 11.8. The minimum atomic E-state index is -0.0455. The molecule has 1 aliphatic carbocycles. The van der Waals surface area contributed by atoms with Crippen molar-refractivity contribution in [2.24, 2.45) is 11.3 Å². The van der Waals surface area contributed by atoms with Crippen LogP contribution in [-0.4, -0.2) is 15.9 Å². The lowest BCUT2D eigenvalue weighted by Gasteiger charge is -2.05. The van der Waals surface area contributed by atoms with Gasteiger partial charge in [-0.05, 0) is 23.4 Å². The first-order chi connectivity index (χ1) is 7.38. The highest BCUT2D eigenvalue weighted by molar-refractivity contribution is 6.32. The van der Waals surface area contributed by atoms with Crippen LogP contribution in [0.1, 0.15) is 20.3 Å². The molecule has 6 heteroatoms. The number of carbonyl (C=O) groups is 1. The summed E-state index contributed by atoms with van der Waals surface area (Å²) in [5.41, 5.74) is 0.0880. The lowest BCUT2D eigenvalue weighted by molar-refractivity contribution is -0.118. The normalized spacial score (nSPS) is 21.6. The summed E-state index contributed by atoms with van der Waals surface area (Å²) >= 11 is 11.3. The third-order valence-electron chi connectivity index (χ3n) is 2.75. The van der Waals surface area contributed by atoms with Gasteiger partial charge >= 0.3 is 0 Å². The first-order valence-electron chi connectivity index (χ1n) is 4.89. The number of hydrogen-bond donors (Lipinski definition) is 1. The molecular weight excluding hydrogens is 249 g/mol. The zero-order valence-electron chi connectivity index (χ0n) is 8.92. The summed E-state index contributed by atoms with van der Waals surface area (Å²) in [5.74, 6) is 0.341. The minimum absolute atomic E-state index is 0.0258. The van der Waals surface area contributed by atoms with Gasteiger partial charge < -0.3 is 5.32 Å². The molecule has 0 spiro atoms. The number of nitrogens with zero attached hydrogens (tertiary/aromatic N) is 2. The second kappa shape index (κ2) is 3.86. The van der Waals surface area contributed by atoms with Crippen molar-refractivity contribution in [3.8, 4) is 0 Å². The highest BCUT2D eigenvalue weighted by Crippen LogP contribution is 2.51. The van der Waals surface area contributed by atoms with E-state index < -0.39 is 0 Å². The molecule has 0 aliphatic heterocycles. The summed E-state index contributed by atoms with van der Waals surface area (Å²) in [5, 5.41) is 2.92. The third-order valence-corrected chi connectivity index (χ3v) is 3.11. The molecule has 0 radical (unpaired) electrons. The highest BCUT2D eigenvalue weighted by atomic mass is 35.5. The molecule has 2 rings (SSSR count). The Kier molecular flexibility index (Phi) is 2.80. The van der Waals surface area contributed by atoms with Crippen molar-refractivity contribution in [3.63, 3.8) is 0 Å². The standard InChI is InChI=1S/C10H11Cl2N3O/c1-10(2)4-5(10)8(16)14-7-3-6(11)13-9(12)15-7/h3,5H,4H2,1-2H3,(H,13,14,15,16). The number of anilines is 1. The summed E-state index contributed by atoms with van der Waals surface area (Å²) in [7, 11) is 0. The highest BCUT2D eigenvalue weighted by Gasteiger charge is 2.50. The summed E-state index contributed by atoms with van der Waals surface area (Å²) in [6.45, 7) is 4.11. The van der Waals surface area contributed by atoms with Crippen molar-refractivity contribution in [3.05, 3.63) is 16.5 Å². The fraction of sp³-hybridized carbons (Fsp3) is 0.500. The van der Waals surface area contributed by atoms with Crippen LogP contribution in [-0.2, 0) is 4.79 Å². The maximum atomic E-state index is 11.8. The zero-order chi connectivity index (χ0) is 11.9. The summed E-state index contributed by atoms with van der Waals surface area (Å²) < 4.78 is 0. The van der Waals surface area contributed by atoms with Gasteiger partial charge in [0.05, 0.1) is 0 Å². The van der Waals surface area contributed by atoms with Crippen molar-refractivity contribution >= 4 is 34.9 Å². The Hall–Kier alpha value is -0.870. The van der Waals surface area contributed by atoms with Crippen molar-refractivity contribution in [1.29, 1.82) is 0 Å². The van der Waals surface area contributed by atoms with E-state index in [1.807, 2.05) is 0 Å². The smallest absolute Gasteiger partial charge is 0.229 e. The molecule has 0 bridgehead atoms. The molecule has 0 saturated heterocycles. The molecule has 0 aromatic carbocycles. The second-order valence-electron chi connectivity index (χ2n) is 4.58. The molecule has 4 nitrogen and oxygen atoms in total. The zero-order valence-corrected chi connectivity index (χ0v) is 10.4. The van der Waals surface area contributed by atoms with Gasteiger partial charge in [-0.3, -0.25) is 4.79 Å². The SMILES string of the molecule is CC1(C)CC1C(=O)Nc1cc(Cl)nc(Cl)n1. The number of hydrogen-bond acceptors (Lipinski definition) is 3. The molecule has 1 atom stereocenters. The molecule has 86 valence electrons. The van der Waals surface area contributed by atoms with Crippen LogP contribution in [0.4, 0.5) is 5.82 Å². The van der Waals surface area contributed by atoms with Gasteiger partial charge in [0.25, 0.3) is 0 Å². The van der Waals surface area contributed by atoms with E-state index in [-0.39, 0.29) is 27.7 Å². The Morgan fingerprint density at radius 1 is 1.50 bits per heavy atom. The van der Waals surface area contributed by atoms with Crippen LogP contribution in [0.25, 0.3) is 0 Å². The predicted octanol–water partition coefficient (Wildman–Crippen LogP) is 2.77. The lowest BCUT2D eigenvalue weighted by Crippen LogP contribution is -2.17. The van der Waals surface area contributed by atoms with E-state index in [1.165, 1.54) is 6.07 Å². The van der Waals surface area contributed by atoms with Gasteiger partial charge in [-0.1, -0.05) is 25.4 Å². The van der Waals surface area contributed by atoms with E-state index in [9.17, 15) is 4.79 Å². The Balaban J connectivity index is 2.07.